The highest BCUT2D eigenvalue weighted by Crippen LogP contribution is 2.02. The van der Waals surface area contributed by atoms with Crippen LogP contribution in [0.25, 0.3) is 0 Å². The first kappa shape index (κ1) is 10.3. The highest BCUT2D eigenvalue weighted by atomic mass is 127. The van der Waals surface area contributed by atoms with Gasteiger partial charge in [-0.25, -0.2) is 9.31 Å². The largest absolute Gasteiger partial charge is 0.268 e. The molecular formula is C8H7IN4O2. The lowest BCUT2D eigenvalue weighted by molar-refractivity contribution is 0.300. The molecule has 6 nitrogen and oxygen atoms in total. The minimum absolute atomic E-state index is 0.163. The summed E-state index contributed by atoms with van der Waals surface area (Å²) in [4.78, 5) is 11.5. The number of hydrogen-bond donors (Lipinski definition) is 0. The number of halogens is 1. The van der Waals surface area contributed by atoms with Gasteiger partial charge in [-0.1, -0.05) is 10.3 Å². The van der Waals surface area contributed by atoms with Gasteiger partial charge >= 0.3 is 0 Å². The molecule has 0 saturated carbocycles. The molecule has 0 spiro atoms. The van der Waals surface area contributed by atoms with Gasteiger partial charge in [-0.05, 0) is 29.5 Å². The van der Waals surface area contributed by atoms with Gasteiger partial charge in [-0.15, -0.1) is 0 Å². The van der Waals surface area contributed by atoms with Crippen molar-refractivity contribution >= 4 is 22.6 Å². The Balaban J connectivity index is 2.33. The van der Waals surface area contributed by atoms with E-state index in [1.165, 1.54) is 10.7 Å². The Morgan fingerprint density at radius 1 is 1.53 bits per heavy atom. The minimum atomic E-state index is -0.163. The molecule has 15 heavy (non-hydrogen) atoms. The van der Waals surface area contributed by atoms with E-state index in [4.69, 9.17) is 0 Å². The number of rotatable bonds is 2. The predicted octanol–water partition coefficient (Wildman–Crippen LogP) is 0.588. The molecule has 0 amide bonds. The molecule has 0 bridgehead atoms. The third-order valence-electron chi connectivity index (χ3n) is 1.88. The molecule has 0 aliphatic rings. The smallest absolute Gasteiger partial charge is 0.268 e. The topological polar surface area (TPSA) is 73.8 Å². The molecule has 2 aromatic heterocycles. The maximum Gasteiger partial charge on any atom is 0.268 e. The fourth-order valence-electron chi connectivity index (χ4n) is 1.07. The molecule has 0 unspecified atom stereocenters. The first-order chi connectivity index (χ1) is 7.16. The Morgan fingerprint density at radius 3 is 2.93 bits per heavy atom. The Hall–Kier alpha value is -1.25. The van der Waals surface area contributed by atoms with Crippen LogP contribution in [0.5, 0.6) is 0 Å². The fourth-order valence-corrected chi connectivity index (χ4v) is 1.46. The summed E-state index contributed by atoms with van der Waals surface area (Å²) in [6.07, 6.45) is 1.62. The van der Waals surface area contributed by atoms with Gasteiger partial charge in [0.2, 0.25) is 0 Å². The van der Waals surface area contributed by atoms with E-state index in [0.717, 1.165) is 3.57 Å². The standard InChI is InChI=1S/C8H7IN4O2/c1-5-7(12-15-11-5)4-13-8(14)2-6(9)3-10-13/h2-3H,4H2,1H3. The minimum Gasteiger partial charge on any atom is -0.268 e. The zero-order valence-electron chi connectivity index (χ0n) is 7.85. The molecule has 0 aromatic carbocycles. The van der Waals surface area contributed by atoms with Gasteiger partial charge in [0, 0.05) is 9.64 Å². The Morgan fingerprint density at radius 2 is 2.33 bits per heavy atom. The van der Waals surface area contributed by atoms with Crippen LogP contribution < -0.4 is 5.56 Å². The number of aryl methyl sites for hydroxylation is 1. The lowest BCUT2D eigenvalue weighted by Gasteiger charge is -2.00. The molecule has 0 aliphatic heterocycles. The van der Waals surface area contributed by atoms with Gasteiger partial charge in [0.05, 0.1) is 12.7 Å². The van der Waals surface area contributed by atoms with E-state index < -0.39 is 0 Å². The Labute approximate surface area is 98.4 Å². The van der Waals surface area contributed by atoms with Gasteiger partial charge in [0.1, 0.15) is 11.4 Å². The summed E-state index contributed by atoms with van der Waals surface area (Å²) < 4.78 is 6.66. The van der Waals surface area contributed by atoms with Crippen LogP contribution in [0.2, 0.25) is 0 Å². The van der Waals surface area contributed by atoms with Crippen molar-refractivity contribution in [1.82, 2.24) is 20.1 Å². The highest BCUT2D eigenvalue weighted by Gasteiger charge is 2.07. The van der Waals surface area contributed by atoms with E-state index in [1.807, 2.05) is 22.6 Å². The Kier molecular flexibility index (Phi) is 2.80. The fraction of sp³-hybridized carbons (Fsp3) is 0.250. The van der Waals surface area contributed by atoms with Crippen LogP contribution in [-0.4, -0.2) is 20.1 Å². The first-order valence-corrected chi connectivity index (χ1v) is 5.25. The van der Waals surface area contributed by atoms with Crippen molar-refractivity contribution in [2.24, 2.45) is 0 Å². The van der Waals surface area contributed by atoms with Crippen LogP contribution in [0.4, 0.5) is 0 Å². The van der Waals surface area contributed by atoms with Crippen LogP contribution in [0.15, 0.2) is 21.7 Å². The zero-order valence-corrected chi connectivity index (χ0v) is 10.0. The van der Waals surface area contributed by atoms with E-state index in [2.05, 4.69) is 20.0 Å². The van der Waals surface area contributed by atoms with E-state index in [1.54, 1.807) is 13.1 Å². The highest BCUT2D eigenvalue weighted by molar-refractivity contribution is 14.1. The summed E-state index contributed by atoms with van der Waals surface area (Å²) in [5.41, 5.74) is 1.12. The van der Waals surface area contributed by atoms with Crippen molar-refractivity contribution in [1.29, 1.82) is 0 Å². The SMILES string of the molecule is Cc1nonc1Cn1ncc(I)cc1=O. The second-order valence-electron chi connectivity index (χ2n) is 2.97. The molecule has 7 heteroatoms. The second-order valence-corrected chi connectivity index (χ2v) is 4.21. The number of aromatic nitrogens is 4. The van der Waals surface area contributed by atoms with Crippen molar-refractivity contribution < 1.29 is 4.63 Å². The van der Waals surface area contributed by atoms with Gasteiger partial charge in [-0.3, -0.25) is 4.79 Å². The number of hydrogen-bond acceptors (Lipinski definition) is 5. The predicted molar refractivity (Wildman–Crippen MR) is 59.4 cm³/mol. The summed E-state index contributed by atoms with van der Waals surface area (Å²) >= 11 is 2.04. The van der Waals surface area contributed by atoms with Crippen LogP contribution >= 0.6 is 22.6 Å². The molecule has 0 saturated heterocycles. The van der Waals surface area contributed by atoms with Gasteiger partial charge in [0.25, 0.3) is 5.56 Å². The van der Waals surface area contributed by atoms with Crippen molar-refractivity contribution in [3.63, 3.8) is 0 Å². The van der Waals surface area contributed by atoms with Crippen molar-refractivity contribution in [2.75, 3.05) is 0 Å². The normalized spacial score (nSPS) is 10.5. The molecule has 2 heterocycles. The molecule has 0 aliphatic carbocycles. The second kappa shape index (κ2) is 4.09. The maximum atomic E-state index is 11.5. The van der Waals surface area contributed by atoms with Crippen LogP contribution in [-0.2, 0) is 6.54 Å². The molecule has 2 rings (SSSR count). The average molecular weight is 318 g/mol. The van der Waals surface area contributed by atoms with Crippen molar-refractivity contribution in [2.45, 2.75) is 13.5 Å². The molecule has 0 radical (unpaired) electrons. The third-order valence-corrected chi connectivity index (χ3v) is 2.47. The van der Waals surface area contributed by atoms with Gasteiger partial charge in [0.15, 0.2) is 0 Å². The summed E-state index contributed by atoms with van der Waals surface area (Å²) in [6.45, 7) is 2.05. The summed E-state index contributed by atoms with van der Waals surface area (Å²) in [7, 11) is 0. The monoisotopic (exact) mass is 318 g/mol. The van der Waals surface area contributed by atoms with Gasteiger partial charge in [-0.2, -0.15) is 5.10 Å². The van der Waals surface area contributed by atoms with Crippen molar-refractivity contribution in [3.8, 4) is 0 Å². The molecule has 0 N–H and O–H groups in total. The van der Waals surface area contributed by atoms with Crippen LogP contribution in [0, 0.1) is 10.5 Å². The zero-order chi connectivity index (χ0) is 10.8. The lowest BCUT2D eigenvalue weighted by Crippen LogP contribution is -2.23. The summed E-state index contributed by atoms with van der Waals surface area (Å²) in [6, 6.07) is 1.51. The summed E-state index contributed by atoms with van der Waals surface area (Å²) in [5.74, 6) is 0. The maximum absolute atomic E-state index is 11.5. The van der Waals surface area contributed by atoms with Crippen LogP contribution in [0.1, 0.15) is 11.4 Å². The molecule has 0 fully saturated rings. The molecule has 2 aromatic rings. The molecular weight excluding hydrogens is 311 g/mol. The van der Waals surface area contributed by atoms with E-state index in [9.17, 15) is 4.79 Å². The van der Waals surface area contributed by atoms with Gasteiger partial charge < -0.3 is 0 Å². The quantitative estimate of drug-likeness (QED) is 0.758. The third kappa shape index (κ3) is 2.22. The molecule has 0 atom stereocenters. The van der Waals surface area contributed by atoms with E-state index in [0.29, 0.717) is 11.4 Å². The summed E-state index contributed by atoms with van der Waals surface area (Å²) in [5, 5.41) is 11.3. The molecule has 78 valence electrons. The van der Waals surface area contributed by atoms with E-state index in [-0.39, 0.29) is 12.1 Å². The van der Waals surface area contributed by atoms with Crippen LogP contribution in [0.3, 0.4) is 0 Å². The van der Waals surface area contributed by atoms with Crippen molar-refractivity contribution in [3.05, 3.63) is 37.6 Å². The van der Waals surface area contributed by atoms with E-state index >= 15 is 0 Å². The first-order valence-electron chi connectivity index (χ1n) is 4.17. The Bertz CT molecular complexity index is 533. The lowest BCUT2D eigenvalue weighted by atomic mass is 10.3. The average Bonchev–Trinajstić information content (AvgIpc) is 2.57. The number of nitrogens with zero attached hydrogens (tertiary/aromatic N) is 4.